The Kier molecular flexibility index (Phi) is 5.09. The van der Waals surface area contributed by atoms with Crippen molar-refractivity contribution in [3.8, 4) is 11.8 Å². The number of hydrogen-bond donors (Lipinski definition) is 0. The molecular formula is C32H28N7. The van der Waals surface area contributed by atoms with Crippen LogP contribution in [0.2, 0.25) is 0 Å². The molecular weight excluding hydrogens is 482 g/mol. The number of allylic oxidation sites excluding steroid dienone is 2. The number of pyridine rings is 1. The average molecular weight is 511 g/mol. The Morgan fingerprint density at radius 3 is 2.41 bits per heavy atom. The van der Waals surface area contributed by atoms with Crippen LogP contribution in [0.5, 0.6) is 0 Å². The second-order valence-electron chi connectivity index (χ2n) is 11.0. The van der Waals surface area contributed by atoms with E-state index in [2.05, 4.69) is 86.6 Å². The number of hydrogen-bond acceptors (Lipinski definition) is 5. The lowest BCUT2D eigenvalue weighted by molar-refractivity contribution is 0.171. The molecule has 1 saturated heterocycles. The Hall–Kier alpha value is -4.44. The van der Waals surface area contributed by atoms with E-state index in [1.165, 1.54) is 59.2 Å². The van der Waals surface area contributed by atoms with Crippen LogP contribution >= 0.6 is 0 Å². The number of aromatic nitrogens is 6. The number of rotatable bonds is 3. The van der Waals surface area contributed by atoms with Crippen LogP contribution in [0.15, 0.2) is 61.4 Å². The Bertz CT molecular complexity index is 1830. The van der Waals surface area contributed by atoms with E-state index >= 15 is 0 Å². The van der Waals surface area contributed by atoms with Crippen molar-refractivity contribution in [3.63, 3.8) is 0 Å². The van der Waals surface area contributed by atoms with Crippen molar-refractivity contribution in [2.75, 3.05) is 18.0 Å². The molecule has 2 fully saturated rings. The summed E-state index contributed by atoms with van der Waals surface area (Å²) in [5, 5.41) is 8.66. The van der Waals surface area contributed by atoms with E-state index < -0.39 is 0 Å². The van der Waals surface area contributed by atoms with Crippen molar-refractivity contribution < 1.29 is 0 Å². The summed E-state index contributed by atoms with van der Waals surface area (Å²) in [4.78, 5) is 11.4. The molecule has 3 aliphatic rings. The van der Waals surface area contributed by atoms with Crippen LogP contribution < -0.4 is 4.90 Å². The minimum absolute atomic E-state index is 0.781. The fraction of sp³-hybridized carbons (Fsp3) is 0.281. The maximum absolute atomic E-state index is 4.60. The largest absolute Gasteiger partial charge is 0.370 e. The van der Waals surface area contributed by atoms with E-state index in [0.29, 0.717) is 0 Å². The van der Waals surface area contributed by atoms with Gasteiger partial charge in [-0.25, -0.2) is 19.0 Å². The van der Waals surface area contributed by atoms with Crippen molar-refractivity contribution in [3.05, 3.63) is 95.8 Å². The van der Waals surface area contributed by atoms with Crippen molar-refractivity contribution in [1.29, 1.82) is 0 Å². The first-order valence-electron chi connectivity index (χ1n) is 13.8. The Morgan fingerprint density at radius 1 is 0.795 bits per heavy atom. The maximum Gasteiger partial charge on any atom is 0.155 e. The number of fused-ring (bicyclic) bond motifs is 3. The molecule has 1 saturated carbocycles. The molecule has 39 heavy (non-hydrogen) atoms. The lowest BCUT2D eigenvalue weighted by Gasteiger charge is -2.34. The summed E-state index contributed by atoms with van der Waals surface area (Å²) in [6.45, 7) is 4.36. The molecule has 0 amide bonds. The van der Waals surface area contributed by atoms with Gasteiger partial charge in [-0.2, -0.15) is 10.2 Å². The first-order valence-corrected chi connectivity index (χ1v) is 13.8. The number of benzene rings is 1. The van der Waals surface area contributed by atoms with Gasteiger partial charge in [0.15, 0.2) is 5.65 Å². The third-order valence-corrected chi connectivity index (χ3v) is 8.82. The number of aryl methyl sites for hydroxylation is 1. The van der Waals surface area contributed by atoms with Crippen molar-refractivity contribution in [1.82, 2.24) is 29.2 Å². The number of anilines is 1. The van der Waals surface area contributed by atoms with E-state index in [1.807, 2.05) is 16.9 Å². The summed E-state index contributed by atoms with van der Waals surface area (Å²) in [7, 11) is 0. The van der Waals surface area contributed by atoms with Gasteiger partial charge in [-0.1, -0.05) is 12.0 Å². The summed E-state index contributed by atoms with van der Waals surface area (Å²) in [5.74, 6) is 8.59. The minimum Gasteiger partial charge on any atom is -0.370 e. The molecule has 5 aromatic rings. The van der Waals surface area contributed by atoms with Gasteiger partial charge in [0.2, 0.25) is 0 Å². The molecule has 5 heterocycles. The summed E-state index contributed by atoms with van der Waals surface area (Å²) in [6, 6.07) is 12.8. The molecule has 0 bridgehead atoms. The molecule has 1 radical (unpaired) electrons. The monoisotopic (exact) mass is 510 g/mol. The van der Waals surface area contributed by atoms with Gasteiger partial charge in [0, 0.05) is 37.5 Å². The summed E-state index contributed by atoms with van der Waals surface area (Å²) in [6.07, 6.45) is 14.8. The lowest BCUT2D eigenvalue weighted by Crippen LogP contribution is -2.24. The van der Waals surface area contributed by atoms with Crippen LogP contribution in [-0.2, 0) is 0 Å². The van der Waals surface area contributed by atoms with E-state index in [-0.39, 0.29) is 0 Å². The van der Waals surface area contributed by atoms with Crippen LogP contribution in [0.3, 0.4) is 0 Å². The third kappa shape index (κ3) is 3.90. The fourth-order valence-corrected chi connectivity index (χ4v) is 6.41. The van der Waals surface area contributed by atoms with E-state index in [9.17, 15) is 0 Å². The van der Waals surface area contributed by atoms with Crippen LogP contribution in [0, 0.1) is 37.0 Å². The predicted octanol–water partition coefficient (Wildman–Crippen LogP) is 5.24. The van der Waals surface area contributed by atoms with Crippen LogP contribution in [0.25, 0.3) is 22.3 Å². The molecule has 191 valence electrons. The van der Waals surface area contributed by atoms with Gasteiger partial charge in [0.1, 0.15) is 23.9 Å². The lowest BCUT2D eigenvalue weighted by atomic mass is 9.71. The SMILES string of the molecule is Cc1cc(C#Cc2ncnn3ccc(N4CCC5CCC5CC4)c23)ccc1C1=C(c2ccn3ncnc3c2)[CH]1. The molecule has 2 unspecified atom stereocenters. The first kappa shape index (κ1) is 22.5. The van der Waals surface area contributed by atoms with Crippen LogP contribution in [-0.4, -0.2) is 42.3 Å². The molecule has 4 aromatic heterocycles. The molecule has 1 aliphatic heterocycles. The van der Waals surface area contributed by atoms with Gasteiger partial charge in [-0.15, -0.1) is 0 Å². The zero-order chi connectivity index (χ0) is 25.9. The number of nitrogens with zero attached hydrogens (tertiary/aromatic N) is 7. The predicted molar refractivity (Wildman–Crippen MR) is 152 cm³/mol. The molecule has 7 heteroatoms. The quantitative estimate of drug-likeness (QED) is 0.311. The Morgan fingerprint density at radius 2 is 1.59 bits per heavy atom. The molecule has 7 nitrogen and oxygen atoms in total. The average Bonchev–Trinajstić information content (AvgIpc) is 3.41. The first-order chi connectivity index (χ1) is 19.2. The Balaban J connectivity index is 1.08. The molecule has 2 aliphatic carbocycles. The second kappa shape index (κ2) is 8.81. The van der Waals surface area contributed by atoms with Crippen molar-refractivity contribution in [2.45, 2.75) is 32.6 Å². The highest BCUT2D eigenvalue weighted by Crippen LogP contribution is 2.47. The van der Waals surface area contributed by atoms with E-state index in [4.69, 9.17) is 0 Å². The Labute approximate surface area is 227 Å². The highest BCUT2D eigenvalue weighted by atomic mass is 15.3. The van der Waals surface area contributed by atoms with Crippen molar-refractivity contribution >= 4 is 28.0 Å². The summed E-state index contributed by atoms with van der Waals surface area (Å²) < 4.78 is 3.71. The zero-order valence-corrected chi connectivity index (χ0v) is 21.9. The third-order valence-electron chi connectivity index (χ3n) is 8.82. The normalized spacial score (nSPS) is 20.4. The van der Waals surface area contributed by atoms with Gasteiger partial charge in [-0.3, -0.25) is 0 Å². The van der Waals surface area contributed by atoms with Gasteiger partial charge < -0.3 is 4.90 Å². The smallest absolute Gasteiger partial charge is 0.155 e. The molecule has 0 spiro atoms. The highest BCUT2D eigenvalue weighted by Gasteiger charge is 2.34. The van der Waals surface area contributed by atoms with Crippen molar-refractivity contribution in [2.24, 2.45) is 11.8 Å². The van der Waals surface area contributed by atoms with Gasteiger partial charge >= 0.3 is 0 Å². The molecule has 0 N–H and O–H groups in total. The minimum atomic E-state index is 0.781. The van der Waals surface area contributed by atoms with Gasteiger partial charge in [0.25, 0.3) is 0 Å². The van der Waals surface area contributed by atoms with Gasteiger partial charge in [0.05, 0.1) is 5.69 Å². The van der Waals surface area contributed by atoms with E-state index in [1.54, 1.807) is 17.2 Å². The highest BCUT2D eigenvalue weighted by molar-refractivity contribution is 6.18. The van der Waals surface area contributed by atoms with E-state index in [0.717, 1.165) is 47.3 Å². The standard InChI is InChI=1S/C32H28N7/c1-21-16-22(2-6-26(21)28-18-27(28)25-10-14-38-31(17-25)34-20-35-38)3-7-29-32-30(11-15-39(32)36-19-33-29)37-12-8-23-4-5-24(23)9-13-37/h2,6,10-11,14-20,23-24H,4-5,8-9,12-13H2,1H3. The topological polar surface area (TPSA) is 63.6 Å². The summed E-state index contributed by atoms with van der Waals surface area (Å²) in [5.41, 5.74) is 11.0. The van der Waals surface area contributed by atoms with Crippen LogP contribution in [0.4, 0.5) is 5.69 Å². The molecule has 1 aromatic carbocycles. The maximum atomic E-state index is 4.60. The van der Waals surface area contributed by atoms with Crippen LogP contribution in [0.1, 0.15) is 53.6 Å². The fourth-order valence-electron chi connectivity index (χ4n) is 6.41. The zero-order valence-electron chi connectivity index (χ0n) is 21.9. The second-order valence-corrected chi connectivity index (χ2v) is 11.0. The molecule has 8 rings (SSSR count). The van der Waals surface area contributed by atoms with Gasteiger partial charge in [-0.05, 0) is 109 Å². The molecule has 2 atom stereocenters. The summed E-state index contributed by atoms with van der Waals surface area (Å²) >= 11 is 0.